The van der Waals surface area contributed by atoms with Crippen LogP contribution in [0.1, 0.15) is 30.6 Å². The zero-order valence-corrected chi connectivity index (χ0v) is 11.0. The highest BCUT2D eigenvalue weighted by Crippen LogP contribution is 2.31. The molecule has 4 heteroatoms. The molecule has 0 atom stereocenters. The number of hydrogen-bond donors (Lipinski definition) is 0. The fraction of sp³-hybridized carbons (Fsp3) is 0.417. The van der Waals surface area contributed by atoms with E-state index in [-0.39, 0.29) is 5.78 Å². The first-order chi connectivity index (χ1) is 7.45. The number of halogens is 2. The molecule has 1 rings (SSSR count). The van der Waals surface area contributed by atoms with Crippen molar-refractivity contribution >= 4 is 29.0 Å². The minimum absolute atomic E-state index is 0.00923. The number of ketones is 1. The molecule has 0 fully saturated rings. The maximum Gasteiger partial charge on any atom is 0.164 e. The van der Waals surface area contributed by atoms with Gasteiger partial charge < -0.3 is 4.74 Å². The predicted octanol–water partition coefficient (Wildman–Crippen LogP) is 4.23. The smallest absolute Gasteiger partial charge is 0.164 e. The molecule has 0 N–H and O–H groups in total. The first kappa shape index (κ1) is 13.3. The van der Waals surface area contributed by atoms with Crippen LogP contribution < -0.4 is 4.74 Å². The Labute approximate surface area is 106 Å². The SMILES string of the molecule is COc1cc(C(=O)CC(C)C)c(Cl)cc1Cl. The van der Waals surface area contributed by atoms with Crippen molar-refractivity contribution in [3.8, 4) is 5.75 Å². The van der Waals surface area contributed by atoms with Crippen LogP contribution >= 0.6 is 23.2 Å². The van der Waals surface area contributed by atoms with Gasteiger partial charge in [-0.05, 0) is 18.1 Å². The van der Waals surface area contributed by atoms with E-state index in [1.807, 2.05) is 13.8 Å². The maximum atomic E-state index is 11.9. The van der Waals surface area contributed by atoms with Gasteiger partial charge in [-0.25, -0.2) is 0 Å². The van der Waals surface area contributed by atoms with Crippen molar-refractivity contribution in [2.75, 3.05) is 7.11 Å². The first-order valence-electron chi connectivity index (χ1n) is 5.02. The van der Waals surface area contributed by atoms with Crippen LogP contribution in [0.15, 0.2) is 12.1 Å². The van der Waals surface area contributed by atoms with Gasteiger partial charge in [0, 0.05) is 12.0 Å². The summed E-state index contributed by atoms with van der Waals surface area (Å²) >= 11 is 11.9. The molecule has 0 aliphatic heterocycles. The number of benzene rings is 1. The van der Waals surface area contributed by atoms with Gasteiger partial charge in [-0.2, -0.15) is 0 Å². The molecule has 0 saturated carbocycles. The molecular formula is C12H14Cl2O2. The van der Waals surface area contributed by atoms with Gasteiger partial charge in [0.2, 0.25) is 0 Å². The predicted molar refractivity (Wildman–Crippen MR) is 66.8 cm³/mol. The van der Waals surface area contributed by atoms with Crippen LogP contribution in [0.5, 0.6) is 5.75 Å². The van der Waals surface area contributed by atoms with Crippen LogP contribution in [-0.2, 0) is 0 Å². The van der Waals surface area contributed by atoms with Crippen LogP contribution in [0.3, 0.4) is 0 Å². The molecular weight excluding hydrogens is 247 g/mol. The molecule has 1 aromatic rings. The minimum Gasteiger partial charge on any atom is -0.495 e. The largest absolute Gasteiger partial charge is 0.495 e. The van der Waals surface area contributed by atoms with Crippen molar-refractivity contribution in [1.29, 1.82) is 0 Å². The summed E-state index contributed by atoms with van der Waals surface area (Å²) in [6, 6.07) is 3.13. The lowest BCUT2D eigenvalue weighted by molar-refractivity contribution is 0.0967. The number of carbonyl (C=O) groups is 1. The van der Waals surface area contributed by atoms with Gasteiger partial charge >= 0.3 is 0 Å². The summed E-state index contributed by atoms with van der Waals surface area (Å²) < 4.78 is 5.05. The number of methoxy groups -OCH3 is 1. The second kappa shape index (κ2) is 5.55. The molecule has 0 aliphatic carbocycles. The molecule has 0 unspecified atom stereocenters. The average Bonchev–Trinajstić information content (AvgIpc) is 2.16. The van der Waals surface area contributed by atoms with Crippen molar-refractivity contribution in [2.24, 2.45) is 5.92 Å². The quantitative estimate of drug-likeness (QED) is 0.758. The highest BCUT2D eigenvalue weighted by molar-refractivity contribution is 6.37. The van der Waals surface area contributed by atoms with Crippen LogP contribution in [0, 0.1) is 5.92 Å². The van der Waals surface area contributed by atoms with E-state index >= 15 is 0 Å². The van der Waals surface area contributed by atoms with Crippen LogP contribution in [0.25, 0.3) is 0 Å². The number of ether oxygens (including phenoxy) is 1. The van der Waals surface area contributed by atoms with Gasteiger partial charge in [-0.15, -0.1) is 0 Å². The van der Waals surface area contributed by atoms with E-state index in [1.54, 1.807) is 6.07 Å². The molecule has 0 spiro atoms. The number of Topliss-reactive ketones (excluding diaryl/α,β-unsaturated/α-hetero) is 1. The Hall–Kier alpha value is -0.730. The van der Waals surface area contributed by atoms with Gasteiger partial charge in [-0.3, -0.25) is 4.79 Å². The van der Waals surface area contributed by atoms with Crippen molar-refractivity contribution in [2.45, 2.75) is 20.3 Å². The highest BCUT2D eigenvalue weighted by Gasteiger charge is 2.15. The van der Waals surface area contributed by atoms with Crippen molar-refractivity contribution in [3.63, 3.8) is 0 Å². The summed E-state index contributed by atoms with van der Waals surface area (Å²) in [7, 11) is 1.51. The zero-order chi connectivity index (χ0) is 12.3. The van der Waals surface area contributed by atoms with Crippen LogP contribution in [-0.4, -0.2) is 12.9 Å². The summed E-state index contributed by atoms with van der Waals surface area (Å²) in [4.78, 5) is 11.9. The Bertz CT molecular complexity index is 400. The normalized spacial score (nSPS) is 10.6. The van der Waals surface area contributed by atoms with Gasteiger partial charge in [0.15, 0.2) is 5.78 Å². The first-order valence-corrected chi connectivity index (χ1v) is 5.77. The lowest BCUT2D eigenvalue weighted by Crippen LogP contribution is -2.04. The van der Waals surface area contributed by atoms with E-state index in [9.17, 15) is 4.79 Å². The lowest BCUT2D eigenvalue weighted by atomic mass is 10.0. The van der Waals surface area contributed by atoms with E-state index in [0.29, 0.717) is 33.7 Å². The highest BCUT2D eigenvalue weighted by atomic mass is 35.5. The topological polar surface area (TPSA) is 26.3 Å². The minimum atomic E-state index is 0.00923. The van der Waals surface area contributed by atoms with Crippen LogP contribution in [0.4, 0.5) is 0 Å². The van der Waals surface area contributed by atoms with E-state index in [2.05, 4.69) is 0 Å². The lowest BCUT2D eigenvalue weighted by Gasteiger charge is -2.09. The number of rotatable bonds is 4. The van der Waals surface area contributed by atoms with E-state index in [4.69, 9.17) is 27.9 Å². The van der Waals surface area contributed by atoms with Gasteiger partial charge in [0.1, 0.15) is 5.75 Å². The van der Waals surface area contributed by atoms with Gasteiger partial charge in [0.05, 0.1) is 17.2 Å². The summed E-state index contributed by atoms with van der Waals surface area (Å²) in [5, 5.41) is 0.782. The van der Waals surface area contributed by atoms with Gasteiger partial charge in [-0.1, -0.05) is 37.0 Å². The molecule has 0 bridgehead atoms. The number of carbonyl (C=O) groups excluding carboxylic acids is 1. The summed E-state index contributed by atoms with van der Waals surface area (Å²) in [5.74, 6) is 0.776. The van der Waals surface area contributed by atoms with E-state index in [1.165, 1.54) is 13.2 Å². The Morgan fingerprint density at radius 2 is 1.94 bits per heavy atom. The second-order valence-corrected chi connectivity index (χ2v) is 4.80. The molecule has 0 aliphatic rings. The zero-order valence-electron chi connectivity index (χ0n) is 9.51. The van der Waals surface area contributed by atoms with Gasteiger partial charge in [0.25, 0.3) is 0 Å². The second-order valence-electron chi connectivity index (χ2n) is 3.99. The standard InChI is InChI=1S/C12H14Cl2O2/c1-7(2)4-11(15)8-5-12(16-3)10(14)6-9(8)13/h5-7H,4H2,1-3H3. The molecule has 16 heavy (non-hydrogen) atoms. The Kier molecular flexibility index (Phi) is 4.63. The Morgan fingerprint density at radius 3 is 2.44 bits per heavy atom. The Morgan fingerprint density at radius 1 is 1.31 bits per heavy atom. The monoisotopic (exact) mass is 260 g/mol. The summed E-state index contributed by atoms with van der Waals surface area (Å²) in [6.45, 7) is 3.97. The third-order valence-corrected chi connectivity index (χ3v) is 2.74. The molecule has 0 radical (unpaired) electrons. The fourth-order valence-corrected chi connectivity index (χ4v) is 1.95. The molecule has 0 heterocycles. The van der Waals surface area contributed by atoms with Crippen molar-refractivity contribution < 1.29 is 9.53 Å². The third-order valence-electron chi connectivity index (χ3n) is 2.14. The molecule has 0 aromatic heterocycles. The molecule has 2 nitrogen and oxygen atoms in total. The van der Waals surface area contributed by atoms with E-state index in [0.717, 1.165) is 0 Å². The average molecular weight is 261 g/mol. The van der Waals surface area contributed by atoms with E-state index < -0.39 is 0 Å². The Balaban J connectivity index is 3.08. The molecule has 0 amide bonds. The fourth-order valence-electron chi connectivity index (χ4n) is 1.38. The molecule has 88 valence electrons. The van der Waals surface area contributed by atoms with Crippen molar-refractivity contribution in [1.82, 2.24) is 0 Å². The molecule has 1 aromatic carbocycles. The molecule has 0 saturated heterocycles. The summed E-state index contributed by atoms with van der Waals surface area (Å²) in [5.41, 5.74) is 0.469. The summed E-state index contributed by atoms with van der Waals surface area (Å²) in [6.07, 6.45) is 0.463. The third kappa shape index (κ3) is 3.13. The maximum absolute atomic E-state index is 11.9. The number of hydrogen-bond acceptors (Lipinski definition) is 2. The van der Waals surface area contributed by atoms with Crippen molar-refractivity contribution in [3.05, 3.63) is 27.7 Å². The van der Waals surface area contributed by atoms with Crippen LogP contribution in [0.2, 0.25) is 10.0 Å².